The van der Waals surface area contributed by atoms with E-state index in [4.69, 9.17) is 4.74 Å². The number of aliphatic hydroxyl groups excluding tert-OH is 1. The van der Waals surface area contributed by atoms with Crippen molar-refractivity contribution in [2.24, 2.45) is 0 Å². The molecule has 1 amide bonds. The quantitative estimate of drug-likeness (QED) is 0.199. The highest BCUT2D eigenvalue weighted by atomic mass is 16.5. The van der Waals surface area contributed by atoms with Gasteiger partial charge in [0, 0.05) is 5.56 Å². The first kappa shape index (κ1) is 24.3. The normalized spacial score (nSPS) is 17.2. The second-order valence-corrected chi connectivity index (χ2v) is 9.54. The second kappa shape index (κ2) is 9.58. The van der Waals surface area contributed by atoms with Gasteiger partial charge in [-0.2, -0.15) is 0 Å². The summed E-state index contributed by atoms with van der Waals surface area (Å²) in [7, 11) is 0. The van der Waals surface area contributed by atoms with Crippen LogP contribution in [-0.4, -0.2) is 32.9 Å². The summed E-state index contributed by atoms with van der Waals surface area (Å²) >= 11 is 0. The maximum absolute atomic E-state index is 13.4. The number of aromatic amines is 1. The van der Waals surface area contributed by atoms with Crippen molar-refractivity contribution in [3.8, 4) is 5.75 Å². The van der Waals surface area contributed by atoms with Gasteiger partial charge in [-0.1, -0.05) is 49.4 Å². The number of aromatic nitrogens is 2. The van der Waals surface area contributed by atoms with E-state index < -0.39 is 17.7 Å². The summed E-state index contributed by atoms with van der Waals surface area (Å²) in [5, 5.41) is 11.3. The van der Waals surface area contributed by atoms with Crippen molar-refractivity contribution >= 4 is 34.4 Å². The Morgan fingerprint density at radius 1 is 1.05 bits per heavy atom. The van der Waals surface area contributed by atoms with Crippen LogP contribution in [0.15, 0.2) is 72.3 Å². The zero-order chi connectivity index (χ0) is 26.3. The SMILES string of the molecule is CCc1ccc(/C(O)=C2\C(=O)C(=O)N(c3nc4ccc(C)cc4[nH]3)C2c2ccc(OC(C)C)cc2)cc1. The number of hydrogen-bond acceptors (Lipinski definition) is 5. The van der Waals surface area contributed by atoms with Gasteiger partial charge in [-0.25, -0.2) is 4.98 Å². The third-order valence-corrected chi connectivity index (χ3v) is 6.50. The number of aryl methyl sites for hydroxylation is 2. The molecule has 1 atom stereocenters. The number of imidazole rings is 1. The van der Waals surface area contributed by atoms with E-state index in [9.17, 15) is 14.7 Å². The lowest BCUT2D eigenvalue weighted by atomic mass is 9.95. The number of fused-ring (bicyclic) bond motifs is 1. The van der Waals surface area contributed by atoms with Crippen molar-refractivity contribution in [3.63, 3.8) is 0 Å². The van der Waals surface area contributed by atoms with Crippen LogP contribution in [-0.2, 0) is 16.0 Å². The second-order valence-electron chi connectivity index (χ2n) is 9.54. The Hall–Kier alpha value is -4.39. The van der Waals surface area contributed by atoms with E-state index in [1.165, 1.54) is 4.90 Å². The fourth-order valence-corrected chi connectivity index (χ4v) is 4.65. The molecule has 1 saturated heterocycles. The van der Waals surface area contributed by atoms with E-state index in [0.29, 0.717) is 22.4 Å². The van der Waals surface area contributed by atoms with Crippen LogP contribution in [0.5, 0.6) is 5.75 Å². The van der Waals surface area contributed by atoms with E-state index in [1.807, 2.05) is 70.2 Å². The summed E-state index contributed by atoms with van der Waals surface area (Å²) < 4.78 is 5.77. The van der Waals surface area contributed by atoms with E-state index >= 15 is 0 Å². The van der Waals surface area contributed by atoms with E-state index in [-0.39, 0.29) is 23.4 Å². The summed E-state index contributed by atoms with van der Waals surface area (Å²) in [6.07, 6.45) is 0.850. The zero-order valence-corrected chi connectivity index (χ0v) is 21.3. The molecule has 7 nitrogen and oxygen atoms in total. The number of rotatable bonds is 6. The molecule has 5 rings (SSSR count). The Kier molecular flexibility index (Phi) is 6.29. The number of nitrogens with one attached hydrogen (secondary N) is 1. The molecule has 2 heterocycles. The van der Waals surface area contributed by atoms with Gasteiger partial charge in [0.2, 0.25) is 5.95 Å². The molecule has 1 unspecified atom stereocenters. The lowest BCUT2D eigenvalue weighted by Crippen LogP contribution is -2.30. The predicted molar refractivity (Wildman–Crippen MR) is 144 cm³/mol. The molecule has 1 aliphatic rings. The molecule has 0 aliphatic carbocycles. The van der Waals surface area contributed by atoms with E-state index in [0.717, 1.165) is 23.1 Å². The highest BCUT2D eigenvalue weighted by molar-refractivity contribution is 6.51. The first-order valence-corrected chi connectivity index (χ1v) is 12.4. The highest BCUT2D eigenvalue weighted by Gasteiger charge is 2.48. The number of amides is 1. The molecular formula is C30H29N3O4. The van der Waals surface area contributed by atoms with Crippen LogP contribution in [0.4, 0.5) is 5.95 Å². The molecule has 0 bridgehead atoms. The minimum Gasteiger partial charge on any atom is -0.507 e. The fraction of sp³-hybridized carbons (Fsp3) is 0.233. The smallest absolute Gasteiger partial charge is 0.302 e. The van der Waals surface area contributed by atoms with Crippen molar-refractivity contribution in [2.75, 3.05) is 4.90 Å². The van der Waals surface area contributed by atoms with Gasteiger partial charge < -0.3 is 14.8 Å². The number of ketones is 1. The molecule has 37 heavy (non-hydrogen) atoms. The molecule has 3 aromatic carbocycles. The monoisotopic (exact) mass is 495 g/mol. The maximum atomic E-state index is 13.4. The van der Waals surface area contributed by atoms with Gasteiger partial charge in [-0.3, -0.25) is 14.5 Å². The molecule has 1 aromatic heterocycles. The average Bonchev–Trinajstić information content (AvgIpc) is 3.41. The highest BCUT2D eigenvalue weighted by Crippen LogP contribution is 2.42. The zero-order valence-electron chi connectivity index (χ0n) is 21.3. The van der Waals surface area contributed by atoms with Gasteiger partial charge in [0.05, 0.1) is 28.8 Å². The number of anilines is 1. The Bertz CT molecular complexity index is 1510. The summed E-state index contributed by atoms with van der Waals surface area (Å²) in [5.74, 6) is -0.820. The predicted octanol–water partition coefficient (Wildman–Crippen LogP) is 5.85. The molecular weight excluding hydrogens is 466 g/mol. The van der Waals surface area contributed by atoms with Crippen LogP contribution >= 0.6 is 0 Å². The number of ether oxygens (including phenoxy) is 1. The van der Waals surface area contributed by atoms with Crippen molar-refractivity contribution in [1.29, 1.82) is 0 Å². The van der Waals surface area contributed by atoms with Gasteiger partial charge in [0.25, 0.3) is 5.78 Å². The Morgan fingerprint density at radius 3 is 2.41 bits per heavy atom. The summed E-state index contributed by atoms with van der Waals surface area (Å²) in [6, 6.07) is 19.4. The van der Waals surface area contributed by atoms with Crippen molar-refractivity contribution < 1.29 is 19.4 Å². The summed E-state index contributed by atoms with van der Waals surface area (Å²) in [5.41, 5.74) is 4.72. The molecule has 4 aromatic rings. The molecule has 7 heteroatoms. The summed E-state index contributed by atoms with van der Waals surface area (Å²) in [6.45, 7) is 7.89. The lowest BCUT2D eigenvalue weighted by Gasteiger charge is -2.23. The number of hydrogen-bond donors (Lipinski definition) is 2. The van der Waals surface area contributed by atoms with Gasteiger partial charge >= 0.3 is 5.91 Å². The maximum Gasteiger partial charge on any atom is 0.302 e. The third kappa shape index (κ3) is 4.48. The lowest BCUT2D eigenvalue weighted by molar-refractivity contribution is -0.132. The van der Waals surface area contributed by atoms with Crippen molar-refractivity contribution in [2.45, 2.75) is 46.3 Å². The molecule has 0 radical (unpaired) electrons. The van der Waals surface area contributed by atoms with Crippen molar-refractivity contribution in [1.82, 2.24) is 9.97 Å². The van der Waals surface area contributed by atoms with Gasteiger partial charge in [0.1, 0.15) is 11.5 Å². The number of Topliss-reactive ketones (excluding diaryl/α,β-unsaturated/α-hetero) is 1. The third-order valence-electron chi connectivity index (χ3n) is 6.50. The Balaban J connectivity index is 1.67. The first-order chi connectivity index (χ1) is 17.8. The van der Waals surface area contributed by atoms with Crippen LogP contribution < -0.4 is 9.64 Å². The minimum atomic E-state index is -0.874. The van der Waals surface area contributed by atoms with Gasteiger partial charge in [-0.05, 0) is 68.1 Å². The average molecular weight is 496 g/mol. The van der Waals surface area contributed by atoms with Crippen molar-refractivity contribution in [3.05, 3.63) is 94.6 Å². The number of aliphatic hydroxyl groups is 1. The van der Waals surface area contributed by atoms with Gasteiger partial charge in [0.15, 0.2) is 0 Å². The van der Waals surface area contributed by atoms with E-state index in [2.05, 4.69) is 9.97 Å². The standard InChI is InChI=1S/C30H29N3O4/c1-5-19-7-9-21(10-8-19)27(34)25-26(20-11-13-22(14-12-20)37-17(2)3)33(29(36)28(25)35)30-31-23-15-6-18(4)16-24(23)32-30/h6-17,26,34H,5H2,1-4H3,(H,31,32)/b27-25+. The van der Waals surface area contributed by atoms with Gasteiger partial charge in [-0.15, -0.1) is 0 Å². The largest absolute Gasteiger partial charge is 0.507 e. The molecule has 1 fully saturated rings. The minimum absolute atomic E-state index is 0.00147. The molecule has 188 valence electrons. The first-order valence-electron chi connectivity index (χ1n) is 12.4. The molecule has 2 N–H and O–H groups in total. The number of benzene rings is 3. The number of carbonyl (C=O) groups excluding carboxylic acids is 2. The van der Waals surface area contributed by atoms with Crippen LogP contribution in [0.1, 0.15) is 49.1 Å². The van der Waals surface area contributed by atoms with Crippen LogP contribution in [0.2, 0.25) is 0 Å². The molecule has 0 spiro atoms. The topological polar surface area (TPSA) is 95.5 Å². The molecule has 0 saturated carbocycles. The number of carbonyl (C=O) groups is 2. The fourth-order valence-electron chi connectivity index (χ4n) is 4.65. The summed E-state index contributed by atoms with van der Waals surface area (Å²) in [4.78, 5) is 36.0. The van der Waals surface area contributed by atoms with E-state index in [1.54, 1.807) is 24.3 Å². The molecule has 1 aliphatic heterocycles. The number of nitrogens with zero attached hydrogens (tertiary/aromatic N) is 2. The Labute approximate surface area is 215 Å². The van der Waals surface area contributed by atoms with Crippen LogP contribution in [0.3, 0.4) is 0 Å². The Morgan fingerprint density at radius 2 is 1.76 bits per heavy atom. The van der Waals surface area contributed by atoms with Crippen LogP contribution in [0, 0.1) is 6.92 Å². The van der Waals surface area contributed by atoms with Crippen LogP contribution in [0.25, 0.3) is 16.8 Å². The number of H-pyrrole nitrogens is 1.